The summed E-state index contributed by atoms with van der Waals surface area (Å²) in [6.45, 7) is 3.71. The van der Waals surface area contributed by atoms with Gasteiger partial charge in [0.2, 0.25) is 0 Å². The summed E-state index contributed by atoms with van der Waals surface area (Å²) in [5.41, 5.74) is 1.09. The maximum absolute atomic E-state index is 4.49. The lowest BCUT2D eigenvalue weighted by Gasteiger charge is -2.21. The van der Waals surface area contributed by atoms with Gasteiger partial charge in [0, 0.05) is 43.3 Å². The van der Waals surface area contributed by atoms with Gasteiger partial charge >= 0.3 is 0 Å². The van der Waals surface area contributed by atoms with Crippen molar-refractivity contribution in [3.8, 4) is 0 Å². The summed E-state index contributed by atoms with van der Waals surface area (Å²) in [5.74, 6) is 1.97. The summed E-state index contributed by atoms with van der Waals surface area (Å²) >= 11 is 5.18. The molecule has 0 aliphatic carbocycles. The number of thioether (sulfide) groups is 1. The van der Waals surface area contributed by atoms with E-state index in [1.165, 1.54) is 0 Å². The minimum Gasteiger partial charge on any atom is -0.356 e. The number of halogens is 1. The van der Waals surface area contributed by atoms with E-state index in [2.05, 4.69) is 30.6 Å². The Morgan fingerprint density at radius 2 is 2.26 bits per heavy atom. The van der Waals surface area contributed by atoms with Crippen molar-refractivity contribution >= 4 is 64.4 Å². The number of nitrogens with zero attached hydrogens (tertiary/aromatic N) is 4. The average Bonchev–Trinajstić information content (AvgIpc) is 3.14. The van der Waals surface area contributed by atoms with Crippen LogP contribution in [-0.2, 0) is 6.54 Å². The molecule has 1 N–H and O–H groups in total. The summed E-state index contributed by atoms with van der Waals surface area (Å²) in [6, 6.07) is 0. The minimum atomic E-state index is 0. The number of aromatic nitrogens is 2. The van der Waals surface area contributed by atoms with Gasteiger partial charge in [-0.05, 0) is 13.3 Å². The molecule has 9 heteroatoms. The van der Waals surface area contributed by atoms with Crippen LogP contribution in [0.15, 0.2) is 26.3 Å². The predicted molar refractivity (Wildman–Crippen MR) is 113 cm³/mol. The zero-order chi connectivity index (χ0) is 15.8. The number of thiazole rings is 2. The number of nitrogens with one attached hydrogen (secondary N) is 1. The van der Waals surface area contributed by atoms with Crippen molar-refractivity contribution < 1.29 is 0 Å². The van der Waals surface area contributed by atoms with Crippen LogP contribution in [0, 0.1) is 6.92 Å². The Balaban J connectivity index is 0.00000264. The summed E-state index contributed by atoms with van der Waals surface area (Å²) in [5, 5.41) is 8.61. The molecule has 0 bridgehead atoms. The monoisotopic (exact) mass is 483 g/mol. The molecule has 0 aliphatic heterocycles. The van der Waals surface area contributed by atoms with Crippen LogP contribution in [0.4, 0.5) is 0 Å². The molecule has 0 saturated heterocycles. The van der Waals surface area contributed by atoms with E-state index in [1.54, 1.807) is 34.4 Å². The lowest BCUT2D eigenvalue weighted by molar-refractivity contribution is 0.471. The Morgan fingerprint density at radius 3 is 2.87 bits per heavy atom. The van der Waals surface area contributed by atoms with E-state index in [4.69, 9.17) is 0 Å². The normalized spacial score (nSPS) is 11.2. The maximum Gasteiger partial charge on any atom is 0.193 e. The van der Waals surface area contributed by atoms with Crippen molar-refractivity contribution in [1.29, 1.82) is 0 Å². The lowest BCUT2D eigenvalue weighted by Crippen LogP contribution is -2.39. The van der Waals surface area contributed by atoms with Crippen LogP contribution in [0.3, 0.4) is 0 Å². The fourth-order valence-corrected chi connectivity index (χ4v) is 4.15. The highest BCUT2D eigenvalue weighted by atomic mass is 127. The molecule has 0 fully saturated rings. The van der Waals surface area contributed by atoms with Gasteiger partial charge in [0.1, 0.15) is 4.34 Å². The molecule has 0 unspecified atom stereocenters. The van der Waals surface area contributed by atoms with Crippen LogP contribution < -0.4 is 5.32 Å². The second-order valence-electron chi connectivity index (χ2n) is 4.69. The van der Waals surface area contributed by atoms with Gasteiger partial charge in [-0.3, -0.25) is 4.99 Å². The maximum atomic E-state index is 4.49. The Bertz CT molecular complexity index is 585. The first-order valence-electron chi connectivity index (χ1n) is 7.04. The quantitative estimate of drug-likeness (QED) is 0.214. The van der Waals surface area contributed by atoms with Gasteiger partial charge < -0.3 is 10.2 Å². The summed E-state index contributed by atoms with van der Waals surface area (Å²) in [6.07, 6.45) is 2.93. The average molecular weight is 483 g/mol. The highest BCUT2D eigenvalue weighted by Gasteiger charge is 2.08. The molecule has 0 saturated carbocycles. The van der Waals surface area contributed by atoms with Gasteiger partial charge in [0.05, 0.1) is 17.2 Å². The zero-order valence-electron chi connectivity index (χ0n) is 13.5. The number of hydrogen-bond acceptors (Lipinski definition) is 6. The molecule has 0 spiro atoms. The van der Waals surface area contributed by atoms with Crippen molar-refractivity contribution in [2.45, 2.75) is 24.2 Å². The van der Waals surface area contributed by atoms with Crippen LogP contribution in [0.25, 0.3) is 0 Å². The largest absolute Gasteiger partial charge is 0.356 e. The van der Waals surface area contributed by atoms with Crippen molar-refractivity contribution in [2.24, 2.45) is 4.99 Å². The van der Waals surface area contributed by atoms with Crippen LogP contribution >= 0.6 is 58.4 Å². The molecule has 2 rings (SSSR count). The first-order valence-corrected chi connectivity index (χ1v) is 9.78. The first-order chi connectivity index (χ1) is 10.7. The third-order valence-electron chi connectivity index (χ3n) is 2.88. The third kappa shape index (κ3) is 7.36. The molecule has 23 heavy (non-hydrogen) atoms. The highest BCUT2D eigenvalue weighted by molar-refractivity contribution is 14.0. The second kappa shape index (κ2) is 11.2. The van der Waals surface area contributed by atoms with Gasteiger partial charge in [-0.25, -0.2) is 9.97 Å². The topological polar surface area (TPSA) is 53.4 Å². The van der Waals surface area contributed by atoms with Gasteiger partial charge in [0.15, 0.2) is 5.96 Å². The molecular weight excluding hydrogens is 461 g/mol. The number of hydrogen-bond donors (Lipinski definition) is 1. The van der Waals surface area contributed by atoms with E-state index in [9.17, 15) is 0 Å². The summed E-state index contributed by atoms with van der Waals surface area (Å²) in [7, 11) is 3.85. The molecule has 128 valence electrons. The van der Waals surface area contributed by atoms with E-state index >= 15 is 0 Å². The number of guanidine groups is 1. The van der Waals surface area contributed by atoms with Crippen LogP contribution in [0.1, 0.15) is 17.1 Å². The number of rotatable bonds is 7. The Hall–Kier alpha value is -0.390. The number of aliphatic imine (C=N–C) groups is 1. The van der Waals surface area contributed by atoms with E-state index < -0.39 is 0 Å². The number of aryl methyl sites for hydroxylation is 1. The molecule has 0 aliphatic rings. The SMILES string of the molecule is CN=C(NCCCSc1nccs1)N(C)Cc1csc(C)n1.I. The Labute approximate surface area is 167 Å². The predicted octanol–water partition coefficient (Wildman–Crippen LogP) is 3.72. The smallest absolute Gasteiger partial charge is 0.193 e. The Kier molecular flexibility index (Phi) is 10.1. The second-order valence-corrected chi connectivity index (χ2v) is 7.99. The molecular formula is C14H22IN5S3. The van der Waals surface area contributed by atoms with Gasteiger partial charge in [0.25, 0.3) is 0 Å². The molecule has 0 amide bonds. The molecule has 5 nitrogen and oxygen atoms in total. The minimum absolute atomic E-state index is 0. The fourth-order valence-electron chi connectivity index (χ4n) is 1.90. The van der Waals surface area contributed by atoms with Crippen LogP contribution in [0.2, 0.25) is 0 Å². The van der Waals surface area contributed by atoms with Crippen molar-refractivity contribution in [1.82, 2.24) is 20.2 Å². The Morgan fingerprint density at radius 1 is 1.43 bits per heavy atom. The van der Waals surface area contributed by atoms with Crippen LogP contribution in [-0.4, -0.2) is 47.2 Å². The lowest BCUT2D eigenvalue weighted by atomic mass is 10.4. The van der Waals surface area contributed by atoms with Crippen molar-refractivity contribution in [2.75, 3.05) is 26.4 Å². The van der Waals surface area contributed by atoms with E-state index in [0.29, 0.717) is 0 Å². The van der Waals surface area contributed by atoms with Crippen LogP contribution in [0.5, 0.6) is 0 Å². The van der Waals surface area contributed by atoms with E-state index in [0.717, 1.165) is 46.3 Å². The summed E-state index contributed by atoms with van der Waals surface area (Å²) in [4.78, 5) is 15.2. The molecule has 2 aromatic rings. The fraction of sp³-hybridized carbons (Fsp3) is 0.500. The highest BCUT2D eigenvalue weighted by Crippen LogP contribution is 2.20. The summed E-state index contributed by atoms with van der Waals surface area (Å²) < 4.78 is 1.14. The molecule has 0 aromatic carbocycles. The van der Waals surface area contributed by atoms with E-state index in [1.807, 2.05) is 32.6 Å². The molecule has 0 radical (unpaired) electrons. The molecule has 0 atom stereocenters. The molecule has 2 aromatic heterocycles. The van der Waals surface area contributed by atoms with Crippen molar-refractivity contribution in [3.63, 3.8) is 0 Å². The van der Waals surface area contributed by atoms with Gasteiger partial charge in [-0.1, -0.05) is 11.8 Å². The van der Waals surface area contributed by atoms with Gasteiger partial charge in [-0.15, -0.1) is 46.7 Å². The van der Waals surface area contributed by atoms with Gasteiger partial charge in [-0.2, -0.15) is 0 Å². The van der Waals surface area contributed by atoms with Crippen molar-refractivity contribution in [3.05, 3.63) is 27.7 Å². The first kappa shape index (κ1) is 20.7. The zero-order valence-corrected chi connectivity index (χ0v) is 18.3. The third-order valence-corrected chi connectivity index (χ3v) is 5.75. The standard InChI is InChI=1S/C14H21N5S3.HI/c1-11-18-12(10-22-11)9-19(3)13(15-2)16-5-4-7-20-14-17-6-8-21-14;/h6,8,10H,4-5,7,9H2,1-3H3,(H,15,16);1H. The molecule has 2 heterocycles. The van der Waals surface area contributed by atoms with E-state index in [-0.39, 0.29) is 24.0 Å².